The van der Waals surface area contributed by atoms with E-state index in [9.17, 15) is 10.1 Å². The fourth-order valence-electron chi connectivity index (χ4n) is 2.54. The largest absolute Gasteiger partial charge is 0.365 e. The fourth-order valence-corrected chi connectivity index (χ4v) is 3.39. The summed E-state index contributed by atoms with van der Waals surface area (Å²) in [5.74, 6) is 1.06. The summed E-state index contributed by atoms with van der Waals surface area (Å²) in [5.41, 5.74) is 1.85. The zero-order valence-corrected chi connectivity index (χ0v) is 14.3. The third kappa shape index (κ3) is 3.22. The van der Waals surface area contributed by atoms with Gasteiger partial charge in [0.05, 0.1) is 10.3 Å². The first kappa shape index (κ1) is 16.1. The molecule has 26 heavy (non-hydrogen) atoms. The molecule has 0 unspecified atom stereocenters. The Labute approximate surface area is 152 Å². The number of anilines is 1. The number of aromatic nitrogens is 3. The first-order valence-corrected chi connectivity index (χ1v) is 8.66. The van der Waals surface area contributed by atoms with Crippen LogP contribution in [0.2, 0.25) is 0 Å². The Balaban J connectivity index is 1.78. The monoisotopic (exact) mass is 363 g/mol. The lowest BCUT2D eigenvalue weighted by Crippen LogP contribution is -2.03. The van der Waals surface area contributed by atoms with Crippen molar-refractivity contribution in [3.8, 4) is 11.4 Å². The van der Waals surface area contributed by atoms with E-state index in [1.165, 1.54) is 6.07 Å². The molecular weight excluding hydrogens is 350 g/mol. The van der Waals surface area contributed by atoms with E-state index in [0.717, 1.165) is 22.5 Å². The van der Waals surface area contributed by atoms with Crippen molar-refractivity contribution in [2.75, 3.05) is 5.32 Å². The maximum Gasteiger partial charge on any atom is 0.326 e. The number of hydrogen-bond donors (Lipinski definition) is 1. The van der Waals surface area contributed by atoms with Gasteiger partial charge in [-0.15, -0.1) is 0 Å². The molecule has 7 nitrogen and oxygen atoms in total. The Morgan fingerprint density at radius 3 is 2.69 bits per heavy atom. The molecular formula is C18H13N5O2S. The quantitative estimate of drug-likeness (QED) is 0.420. The molecule has 0 aliphatic carbocycles. The molecule has 0 saturated carbocycles. The molecule has 0 amide bonds. The average Bonchev–Trinajstić information content (AvgIpc) is 3.12. The summed E-state index contributed by atoms with van der Waals surface area (Å²) in [5, 5.41) is 15.1. The molecule has 1 N–H and O–H groups in total. The molecule has 0 fully saturated rings. The van der Waals surface area contributed by atoms with Crippen molar-refractivity contribution in [1.82, 2.24) is 15.0 Å². The average molecular weight is 363 g/mol. The molecule has 8 heteroatoms. The predicted octanol–water partition coefficient (Wildman–Crippen LogP) is 4.27. The molecule has 3 heterocycles. The second kappa shape index (κ2) is 6.85. The van der Waals surface area contributed by atoms with Crippen molar-refractivity contribution in [3.63, 3.8) is 0 Å². The Morgan fingerprint density at radius 1 is 1.12 bits per heavy atom. The van der Waals surface area contributed by atoms with E-state index >= 15 is 0 Å². The van der Waals surface area contributed by atoms with Gasteiger partial charge in [-0.2, -0.15) is 0 Å². The highest BCUT2D eigenvalue weighted by atomic mass is 32.1. The van der Waals surface area contributed by atoms with Crippen LogP contribution in [0.4, 0.5) is 10.8 Å². The highest BCUT2D eigenvalue weighted by Gasteiger charge is 2.18. The van der Waals surface area contributed by atoms with Gasteiger partial charge in [-0.25, -0.2) is 9.97 Å². The van der Waals surface area contributed by atoms with Gasteiger partial charge in [-0.1, -0.05) is 30.3 Å². The van der Waals surface area contributed by atoms with Crippen LogP contribution in [0.3, 0.4) is 0 Å². The van der Waals surface area contributed by atoms with Crippen LogP contribution in [0.5, 0.6) is 0 Å². The minimum absolute atomic E-state index is 0.0420. The zero-order chi connectivity index (χ0) is 17.9. The van der Waals surface area contributed by atoms with Crippen molar-refractivity contribution >= 4 is 32.4 Å². The summed E-state index contributed by atoms with van der Waals surface area (Å²) >= 11 is 1.04. The van der Waals surface area contributed by atoms with E-state index in [-0.39, 0.29) is 5.00 Å². The van der Waals surface area contributed by atoms with Gasteiger partial charge in [-0.05, 0) is 29.0 Å². The number of pyridine rings is 1. The summed E-state index contributed by atoms with van der Waals surface area (Å²) in [7, 11) is 0. The Morgan fingerprint density at radius 2 is 1.96 bits per heavy atom. The normalized spacial score (nSPS) is 10.8. The van der Waals surface area contributed by atoms with Crippen molar-refractivity contribution in [3.05, 3.63) is 76.6 Å². The maximum absolute atomic E-state index is 11.2. The molecule has 4 rings (SSSR count). The van der Waals surface area contributed by atoms with E-state index in [0.29, 0.717) is 28.4 Å². The summed E-state index contributed by atoms with van der Waals surface area (Å²) in [6, 6.07) is 15.1. The first-order chi connectivity index (χ1) is 12.7. The molecule has 0 aliphatic rings. The van der Waals surface area contributed by atoms with E-state index in [1.807, 2.05) is 36.4 Å². The lowest BCUT2D eigenvalue weighted by atomic mass is 10.2. The lowest BCUT2D eigenvalue weighted by molar-refractivity contribution is -0.380. The minimum Gasteiger partial charge on any atom is -0.365 e. The van der Waals surface area contributed by atoms with E-state index in [1.54, 1.807) is 18.5 Å². The zero-order valence-electron chi connectivity index (χ0n) is 13.5. The standard InChI is InChI=1S/C18H13N5O2S/c24-23(25)15-9-14-17(20-10-12-5-2-1-3-6-12)21-16(22-18(14)26-15)13-7-4-8-19-11-13/h1-9,11H,10H2,(H,20,21,22). The number of benzene rings is 1. The van der Waals surface area contributed by atoms with Crippen molar-refractivity contribution < 1.29 is 4.92 Å². The van der Waals surface area contributed by atoms with Gasteiger partial charge in [0.25, 0.3) is 0 Å². The first-order valence-electron chi connectivity index (χ1n) is 7.85. The Hall–Kier alpha value is -3.39. The molecule has 0 bridgehead atoms. The molecule has 0 radical (unpaired) electrons. The van der Waals surface area contributed by atoms with Crippen LogP contribution < -0.4 is 5.32 Å². The van der Waals surface area contributed by atoms with Gasteiger partial charge in [-0.3, -0.25) is 15.1 Å². The SMILES string of the molecule is O=[N+]([O-])c1cc2c(NCc3ccccc3)nc(-c3cccnc3)nc2s1. The van der Waals surface area contributed by atoms with Crippen molar-refractivity contribution in [1.29, 1.82) is 0 Å². The number of hydrogen-bond acceptors (Lipinski definition) is 7. The molecule has 1 aromatic carbocycles. The molecule has 0 saturated heterocycles. The predicted molar refractivity (Wildman–Crippen MR) is 101 cm³/mol. The van der Waals surface area contributed by atoms with E-state index in [2.05, 4.69) is 20.3 Å². The third-order valence-corrected chi connectivity index (χ3v) is 4.76. The smallest absolute Gasteiger partial charge is 0.326 e. The molecule has 0 spiro atoms. The van der Waals surface area contributed by atoms with Crippen LogP contribution in [0.25, 0.3) is 21.6 Å². The molecule has 0 aliphatic heterocycles. The third-order valence-electron chi connectivity index (χ3n) is 3.78. The summed E-state index contributed by atoms with van der Waals surface area (Å²) in [6.07, 6.45) is 3.34. The van der Waals surface area contributed by atoms with Crippen LogP contribution in [-0.2, 0) is 6.54 Å². The van der Waals surface area contributed by atoms with Gasteiger partial charge in [0, 0.05) is 30.6 Å². The summed E-state index contributed by atoms with van der Waals surface area (Å²) in [4.78, 5) is 24.5. The number of fused-ring (bicyclic) bond motifs is 1. The molecule has 4 aromatic rings. The van der Waals surface area contributed by atoms with Gasteiger partial charge in [0.15, 0.2) is 5.82 Å². The van der Waals surface area contributed by atoms with Crippen LogP contribution >= 0.6 is 11.3 Å². The van der Waals surface area contributed by atoms with Crippen LogP contribution in [-0.4, -0.2) is 19.9 Å². The number of rotatable bonds is 5. The number of nitrogens with one attached hydrogen (secondary N) is 1. The van der Waals surface area contributed by atoms with Gasteiger partial charge < -0.3 is 5.32 Å². The van der Waals surface area contributed by atoms with Crippen molar-refractivity contribution in [2.45, 2.75) is 6.54 Å². The Bertz CT molecular complexity index is 1070. The fraction of sp³-hybridized carbons (Fsp3) is 0.0556. The highest BCUT2D eigenvalue weighted by molar-refractivity contribution is 7.21. The minimum atomic E-state index is -0.406. The molecule has 128 valence electrons. The van der Waals surface area contributed by atoms with Gasteiger partial charge in [0.2, 0.25) is 0 Å². The van der Waals surface area contributed by atoms with Crippen molar-refractivity contribution in [2.24, 2.45) is 0 Å². The number of nitrogens with zero attached hydrogens (tertiary/aromatic N) is 4. The highest BCUT2D eigenvalue weighted by Crippen LogP contribution is 2.35. The van der Waals surface area contributed by atoms with Crippen LogP contribution in [0, 0.1) is 10.1 Å². The number of thiophene rings is 1. The topological polar surface area (TPSA) is 93.8 Å². The van der Waals surface area contributed by atoms with Gasteiger partial charge >= 0.3 is 5.00 Å². The van der Waals surface area contributed by atoms with E-state index in [4.69, 9.17) is 0 Å². The summed E-state index contributed by atoms with van der Waals surface area (Å²) in [6.45, 7) is 0.559. The maximum atomic E-state index is 11.2. The van der Waals surface area contributed by atoms with E-state index < -0.39 is 4.92 Å². The molecule has 0 atom stereocenters. The van der Waals surface area contributed by atoms with Crippen LogP contribution in [0.15, 0.2) is 60.9 Å². The van der Waals surface area contributed by atoms with Crippen LogP contribution in [0.1, 0.15) is 5.56 Å². The lowest BCUT2D eigenvalue weighted by Gasteiger charge is -2.09. The Kier molecular flexibility index (Phi) is 4.24. The second-order valence-corrected chi connectivity index (χ2v) is 6.55. The second-order valence-electron chi connectivity index (χ2n) is 5.54. The summed E-state index contributed by atoms with van der Waals surface area (Å²) < 4.78 is 0. The number of nitro groups is 1. The van der Waals surface area contributed by atoms with Gasteiger partial charge in [0.1, 0.15) is 10.6 Å². The molecule has 3 aromatic heterocycles.